The van der Waals surface area contributed by atoms with E-state index in [-0.39, 0.29) is 0 Å². The summed E-state index contributed by atoms with van der Waals surface area (Å²) >= 11 is 0. The van der Waals surface area contributed by atoms with Crippen LogP contribution in [0.5, 0.6) is 5.75 Å². The van der Waals surface area contributed by atoms with Gasteiger partial charge in [-0.25, -0.2) is 0 Å². The van der Waals surface area contributed by atoms with Crippen LogP contribution in [0.3, 0.4) is 0 Å². The molecule has 0 radical (unpaired) electrons. The predicted octanol–water partition coefficient (Wildman–Crippen LogP) is 3.52. The SMILES string of the molecule is Cc1ccc2c(c1)[C@@H](C(C)C)CCO2. The third-order valence-electron chi connectivity index (χ3n) is 3.06. The van der Waals surface area contributed by atoms with Crippen LogP contribution in [0.25, 0.3) is 0 Å². The second-order valence-corrected chi connectivity index (χ2v) is 4.53. The molecule has 1 atom stereocenters. The quantitative estimate of drug-likeness (QED) is 0.658. The Morgan fingerprint density at radius 1 is 1.36 bits per heavy atom. The van der Waals surface area contributed by atoms with E-state index in [0.29, 0.717) is 11.8 Å². The summed E-state index contributed by atoms with van der Waals surface area (Å²) in [6.07, 6.45) is 1.16. The molecule has 0 N–H and O–H groups in total. The van der Waals surface area contributed by atoms with Gasteiger partial charge in [0.05, 0.1) is 6.61 Å². The van der Waals surface area contributed by atoms with Crippen molar-refractivity contribution >= 4 is 0 Å². The minimum absolute atomic E-state index is 0.679. The number of rotatable bonds is 1. The summed E-state index contributed by atoms with van der Waals surface area (Å²) in [5, 5.41) is 0. The lowest BCUT2D eigenvalue weighted by Crippen LogP contribution is -2.18. The number of fused-ring (bicyclic) bond motifs is 1. The van der Waals surface area contributed by atoms with Crippen molar-refractivity contribution in [3.63, 3.8) is 0 Å². The maximum absolute atomic E-state index is 5.66. The van der Waals surface area contributed by atoms with Crippen molar-refractivity contribution in [3.8, 4) is 5.75 Å². The molecule has 0 saturated carbocycles. The lowest BCUT2D eigenvalue weighted by Gasteiger charge is -2.28. The molecule has 0 bridgehead atoms. The second-order valence-electron chi connectivity index (χ2n) is 4.53. The molecule has 0 spiro atoms. The van der Waals surface area contributed by atoms with E-state index in [9.17, 15) is 0 Å². The standard InChI is InChI=1S/C13H18O/c1-9(2)11-6-7-14-13-5-4-10(3)8-12(11)13/h4-5,8-9,11H,6-7H2,1-3H3/t11-/m1/s1. The lowest BCUT2D eigenvalue weighted by atomic mass is 9.83. The topological polar surface area (TPSA) is 9.23 Å². The van der Waals surface area contributed by atoms with Crippen LogP contribution in [0.15, 0.2) is 18.2 Å². The lowest BCUT2D eigenvalue weighted by molar-refractivity contribution is 0.247. The van der Waals surface area contributed by atoms with Crippen molar-refractivity contribution in [2.75, 3.05) is 6.61 Å². The van der Waals surface area contributed by atoms with E-state index in [4.69, 9.17) is 4.74 Å². The third-order valence-corrected chi connectivity index (χ3v) is 3.06. The summed E-state index contributed by atoms with van der Waals surface area (Å²) in [5.41, 5.74) is 2.74. The first kappa shape index (κ1) is 9.57. The van der Waals surface area contributed by atoms with E-state index < -0.39 is 0 Å². The van der Waals surface area contributed by atoms with Gasteiger partial charge in [-0.05, 0) is 36.8 Å². The van der Waals surface area contributed by atoms with E-state index in [1.165, 1.54) is 11.1 Å². The fourth-order valence-corrected chi connectivity index (χ4v) is 2.23. The fourth-order valence-electron chi connectivity index (χ4n) is 2.23. The summed E-state index contributed by atoms with van der Waals surface area (Å²) in [7, 11) is 0. The summed E-state index contributed by atoms with van der Waals surface area (Å²) in [6, 6.07) is 6.51. The molecular formula is C13H18O. The predicted molar refractivity (Wildman–Crippen MR) is 58.9 cm³/mol. The van der Waals surface area contributed by atoms with E-state index in [0.717, 1.165) is 18.8 Å². The van der Waals surface area contributed by atoms with Gasteiger partial charge in [0.2, 0.25) is 0 Å². The largest absolute Gasteiger partial charge is 0.493 e. The Morgan fingerprint density at radius 2 is 2.14 bits per heavy atom. The highest BCUT2D eigenvalue weighted by Gasteiger charge is 2.23. The van der Waals surface area contributed by atoms with Crippen LogP contribution in [0.2, 0.25) is 0 Å². The Hall–Kier alpha value is -0.980. The van der Waals surface area contributed by atoms with Gasteiger partial charge in [-0.2, -0.15) is 0 Å². The van der Waals surface area contributed by atoms with Crippen molar-refractivity contribution in [1.82, 2.24) is 0 Å². The highest BCUT2D eigenvalue weighted by molar-refractivity contribution is 5.40. The van der Waals surface area contributed by atoms with Gasteiger partial charge in [0.15, 0.2) is 0 Å². The van der Waals surface area contributed by atoms with Crippen LogP contribution in [-0.2, 0) is 0 Å². The normalized spacial score (nSPS) is 20.4. The van der Waals surface area contributed by atoms with Gasteiger partial charge in [0.25, 0.3) is 0 Å². The summed E-state index contributed by atoms with van der Waals surface area (Å²) in [6.45, 7) is 7.61. The number of hydrogen-bond donors (Lipinski definition) is 0. The summed E-state index contributed by atoms with van der Waals surface area (Å²) < 4.78 is 5.66. The van der Waals surface area contributed by atoms with Gasteiger partial charge in [-0.1, -0.05) is 31.5 Å². The fraction of sp³-hybridized carbons (Fsp3) is 0.538. The van der Waals surface area contributed by atoms with Crippen LogP contribution in [-0.4, -0.2) is 6.61 Å². The molecule has 1 heteroatoms. The van der Waals surface area contributed by atoms with Gasteiger partial charge in [0, 0.05) is 0 Å². The van der Waals surface area contributed by atoms with E-state index in [1.807, 2.05) is 0 Å². The molecule has 0 fully saturated rings. The van der Waals surface area contributed by atoms with Crippen LogP contribution in [0.4, 0.5) is 0 Å². The molecule has 1 aliphatic heterocycles. The van der Waals surface area contributed by atoms with E-state index in [2.05, 4.69) is 39.0 Å². The summed E-state index contributed by atoms with van der Waals surface area (Å²) in [4.78, 5) is 0. The molecule has 76 valence electrons. The van der Waals surface area contributed by atoms with Gasteiger partial charge < -0.3 is 4.74 Å². The molecular weight excluding hydrogens is 172 g/mol. The molecule has 14 heavy (non-hydrogen) atoms. The molecule has 0 aromatic heterocycles. The Bertz CT molecular complexity index is 328. The zero-order valence-electron chi connectivity index (χ0n) is 9.21. The molecule has 0 saturated heterocycles. The number of aryl methyl sites for hydroxylation is 1. The van der Waals surface area contributed by atoms with Gasteiger partial charge in [0.1, 0.15) is 5.75 Å². The number of hydrogen-bond acceptors (Lipinski definition) is 1. The van der Waals surface area contributed by atoms with Crippen molar-refractivity contribution in [1.29, 1.82) is 0 Å². The Labute approximate surface area is 86.1 Å². The monoisotopic (exact) mass is 190 g/mol. The first-order valence-corrected chi connectivity index (χ1v) is 5.42. The Balaban J connectivity index is 2.41. The molecule has 0 amide bonds. The smallest absolute Gasteiger partial charge is 0.122 e. The van der Waals surface area contributed by atoms with Gasteiger partial charge >= 0.3 is 0 Å². The van der Waals surface area contributed by atoms with Crippen LogP contribution < -0.4 is 4.74 Å². The minimum atomic E-state index is 0.679. The van der Waals surface area contributed by atoms with Crippen LogP contribution in [0.1, 0.15) is 37.3 Å². The molecule has 0 unspecified atom stereocenters. The molecule has 2 rings (SSSR count). The van der Waals surface area contributed by atoms with E-state index >= 15 is 0 Å². The molecule has 1 aromatic rings. The molecule has 1 aromatic carbocycles. The molecule has 1 nitrogen and oxygen atoms in total. The first-order chi connectivity index (χ1) is 6.68. The number of ether oxygens (including phenoxy) is 1. The molecule has 1 aliphatic rings. The van der Waals surface area contributed by atoms with Crippen molar-refractivity contribution in [3.05, 3.63) is 29.3 Å². The Kier molecular flexibility index (Phi) is 2.49. The van der Waals surface area contributed by atoms with Crippen LogP contribution >= 0.6 is 0 Å². The zero-order valence-corrected chi connectivity index (χ0v) is 9.21. The first-order valence-electron chi connectivity index (χ1n) is 5.42. The third kappa shape index (κ3) is 1.63. The van der Waals surface area contributed by atoms with Crippen LogP contribution in [0, 0.1) is 12.8 Å². The molecule has 0 aliphatic carbocycles. The van der Waals surface area contributed by atoms with Gasteiger partial charge in [-0.15, -0.1) is 0 Å². The van der Waals surface area contributed by atoms with Gasteiger partial charge in [-0.3, -0.25) is 0 Å². The summed E-state index contributed by atoms with van der Waals surface area (Å²) in [5.74, 6) is 2.48. The average Bonchev–Trinajstić information content (AvgIpc) is 2.16. The number of benzene rings is 1. The van der Waals surface area contributed by atoms with Crippen molar-refractivity contribution in [2.45, 2.75) is 33.1 Å². The Morgan fingerprint density at radius 3 is 2.86 bits per heavy atom. The maximum atomic E-state index is 5.66. The highest BCUT2D eigenvalue weighted by Crippen LogP contribution is 2.38. The minimum Gasteiger partial charge on any atom is -0.493 e. The maximum Gasteiger partial charge on any atom is 0.122 e. The van der Waals surface area contributed by atoms with Crippen molar-refractivity contribution < 1.29 is 4.74 Å². The average molecular weight is 190 g/mol. The van der Waals surface area contributed by atoms with E-state index in [1.54, 1.807) is 0 Å². The highest BCUT2D eigenvalue weighted by atomic mass is 16.5. The second kappa shape index (κ2) is 3.64. The molecule has 1 heterocycles. The zero-order chi connectivity index (χ0) is 10.1. The van der Waals surface area contributed by atoms with Crippen molar-refractivity contribution in [2.24, 2.45) is 5.92 Å².